The van der Waals surface area contributed by atoms with Crippen molar-refractivity contribution in [3.8, 4) is 0 Å². The van der Waals surface area contributed by atoms with Crippen molar-refractivity contribution in [1.82, 2.24) is 4.90 Å². The van der Waals surface area contributed by atoms with Crippen LogP contribution < -0.4 is 0 Å². The summed E-state index contributed by atoms with van der Waals surface area (Å²) in [6.07, 6.45) is 4.88. The molecule has 1 saturated carbocycles. The first-order chi connectivity index (χ1) is 9.95. The Labute approximate surface area is 125 Å². The molecular weight excluding hydrogens is 269 g/mol. The molecule has 2 rings (SSSR count). The second-order valence-corrected chi connectivity index (χ2v) is 6.41. The Kier molecular flexibility index (Phi) is 5.34. The molecule has 4 heteroatoms. The Morgan fingerprint density at radius 1 is 1.33 bits per heavy atom. The lowest BCUT2D eigenvalue weighted by atomic mass is 10.1. The van der Waals surface area contributed by atoms with E-state index in [1.54, 1.807) is 6.07 Å². The third kappa shape index (κ3) is 4.53. The summed E-state index contributed by atoms with van der Waals surface area (Å²) in [6.45, 7) is 5.94. The Balaban J connectivity index is 2.17. The fraction of sp³-hybridized carbons (Fsp3) is 0.588. The van der Waals surface area contributed by atoms with Crippen LogP contribution in [0.2, 0.25) is 0 Å². The summed E-state index contributed by atoms with van der Waals surface area (Å²) in [7, 11) is 0. The van der Waals surface area contributed by atoms with Gasteiger partial charge in [0.25, 0.3) is 0 Å². The molecular formula is C17H24FNO2. The predicted molar refractivity (Wildman–Crippen MR) is 80.9 cm³/mol. The largest absolute Gasteiger partial charge is 0.478 e. The molecule has 1 aromatic rings. The van der Waals surface area contributed by atoms with Crippen molar-refractivity contribution in [2.45, 2.75) is 52.1 Å². The average Bonchev–Trinajstić information content (AvgIpc) is 2.90. The summed E-state index contributed by atoms with van der Waals surface area (Å²) in [5.74, 6) is -1.01. The minimum absolute atomic E-state index is 0.0286. The van der Waals surface area contributed by atoms with Gasteiger partial charge in [0.2, 0.25) is 0 Å². The van der Waals surface area contributed by atoms with Crippen LogP contribution >= 0.6 is 0 Å². The van der Waals surface area contributed by atoms with Gasteiger partial charge in [0, 0.05) is 19.1 Å². The minimum Gasteiger partial charge on any atom is -0.478 e. The predicted octanol–water partition coefficient (Wildman–Crippen LogP) is 3.92. The Hall–Kier alpha value is -1.42. The van der Waals surface area contributed by atoms with Crippen molar-refractivity contribution in [3.63, 3.8) is 0 Å². The van der Waals surface area contributed by atoms with Crippen LogP contribution in [-0.2, 0) is 6.54 Å². The number of hydrogen-bond acceptors (Lipinski definition) is 2. The fourth-order valence-corrected chi connectivity index (χ4v) is 3.18. The summed E-state index contributed by atoms with van der Waals surface area (Å²) >= 11 is 0. The number of hydrogen-bond donors (Lipinski definition) is 1. The molecule has 0 aromatic heterocycles. The van der Waals surface area contributed by atoms with Gasteiger partial charge in [-0.25, -0.2) is 9.18 Å². The highest BCUT2D eigenvalue weighted by Crippen LogP contribution is 2.26. The third-order valence-electron chi connectivity index (χ3n) is 4.03. The second-order valence-electron chi connectivity index (χ2n) is 6.41. The van der Waals surface area contributed by atoms with Crippen molar-refractivity contribution >= 4 is 5.97 Å². The number of benzene rings is 1. The van der Waals surface area contributed by atoms with E-state index in [9.17, 15) is 9.18 Å². The van der Waals surface area contributed by atoms with Crippen LogP contribution in [0, 0.1) is 11.7 Å². The number of nitrogens with zero attached hydrogens (tertiary/aromatic N) is 1. The third-order valence-corrected chi connectivity index (χ3v) is 4.03. The monoisotopic (exact) mass is 293 g/mol. The number of rotatable bonds is 6. The number of carboxylic acid groups (broad SMARTS) is 1. The van der Waals surface area contributed by atoms with E-state index in [-0.39, 0.29) is 5.56 Å². The Morgan fingerprint density at radius 3 is 2.57 bits per heavy atom. The van der Waals surface area contributed by atoms with Crippen LogP contribution in [0.5, 0.6) is 0 Å². The first kappa shape index (κ1) is 16.0. The topological polar surface area (TPSA) is 40.5 Å². The summed E-state index contributed by atoms with van der Waals surface area (Å²) in [5.41, 5.74) is 0.779. The van der Waals surface area contributed by atoms with E-state index in [4.69, 9.17) is 5.11 Å². The first-order valence-corrected chi connectivity index (χ1v) is 7.72. The van der Waals surface area contributed by atoms with E-state index in [1.165, 1.54) is 31.7 Å². The number of carbonyl (C=O) groups is 1. The van der Waals surface area contributed by atoms with Crippen molar-refractivity contribution < 1.29 is 14.3 Å². The smallest absolute Gasteiger partial charge is 0.335 e. The highest BCUT2D eigenvalue weighted by Gasteiger charge is 2.23. The van der Waals surface area contributed by atoms with Crippen LogP contribution in [-0.4, -0.2) is 28.6 Å². The lowest BCUT2D eigenvalue weighted by Gasteiger charge is -2.30. The summed E-state index contributed by atoms with van der Waals surface area (Å²) in [5, 5.41) is 9.04. The molecule has 1 aromatic carbocycles. The maximum atomic E-state index is 13.6. The van der Waals surface area contributed by atoms with Gasteiger partial charge in [0.15, 0.2) is 0 Å². The van der Waals surface area contributed by atoms with Gasteiger partial charge in [-0.05, 0) is 42.5 Å². The zero-order valence-corrected chi connectivity index (χ0v) is 12.8. The van der Waals surface area contributed by atoms with E-state index < -0.39 is 11.8 Å². The molecule has 0 radical (unpaired) electrons. The van der Waals surface area contributed by atoms with Crippen molar-refractivity contribution in [2.75, 3.05) is 6.54 Å². The van der Waals surface area contributed by atoms with Crippen LogP contribution in [0.25, 0.3) is 0 Å². The van der Waals surface area contributed by atoms with Gasteiger partial charge in [-0.1, -0.05) is 26.7 Å². The quantitative estimate of drug-likeness (QED) is 0.864. The van der Waals surface area contributed by atoms with Crippen molar-refractivity contribution in [3.05, 3.63) is 35.1 Å². The SMILES string of the molecule is CC(C)CN(Cc1cc(F)cc(C(=O)O)c1)C1CCCC1. The molecule has 116 valence electrons. The standard InChI is InChI=1S/C17H24FNO2/c1-12(2)10-19(16-5-3-4-6-16)11-13-7-14(17(20)21)9-15(18)8-13/h7-9,12,16H,3-6,10-11H2,1-2H3,(H,20,21). The summed E-state index contributed by atoms with van der Waals surface area (Å²) in [4.78, 5) is 13.4. The van der Waals surface area contributed by atoms with Crippen LogP contribution in [0.15, 0.2) is 18.2 Å². The minimum atomic E-state index is -1.08. The molecule has 3 nitrogen and oxygen atoms in total. The molecule has 1 aliphatic rings. The molecule has 1 fully saturated rings. The normalized spacial score (nSPS) is 16.0. The highest BCUT2D eigenvalue weighted by molar-refractivity contribution is 5.87. The molecule has 0 bridgehead atoms. The molecule has 0 spiro atoms. The Morgan fingerprint density at radius 2 is 2.00 bits per heavy atom. The molecule has 1 N–H and O–H groups in total. The fourth-order valence-electron chi connectivity index (χ4n) is 3.18. The van der Waals surface area contributed by atoms with Gasteiger partial charge in [-0.15, -0.1) is 0 Å². The lowest BCUT2D eigenvalue weighted by Crippen LogP contribution is -2.35. The molecule has 1 aliphatic carbocycles. The number of aromatic carboxylic acids is 1. The molecule has 21 heavy (non-hydrogen) atoms. The second kappa shape index (κ2) is 7.03. The van der Waals surface area contributed by atoms with Gasteiger partial charge in [0.1, 0.15) is 5.82 Å². The Bertz CT molecular complexity index is 496. The van der Waals surface area contributed by atoms with E-state index in [0.29, 0.717) is 18.5 Å². The molecule has 0 amide bonds. The first-order valence-electron chi connectivity index (χ1n) is 7.72. The average molecular weight is 293 g/mol. The zero-order valence-electron chi connectivity index (χ0n) is 12.8. The van der Waals surface area contributed by atoms with Gasteiger partial charge in [-0.2, -0.15) is 0 Å². The maximum Gasteiger partial charge on any atom is 0.335 e. The highest BCUT2D eigenvalue weighted by atomic mass is 19.1. The van der Waals surface area contributed by atoms with E-state index in [2.05, 4.69) is 18.7 Å². The summed E-state index contributed by atoms with van der Waals surface area (Å²) < 4.78 is 13.6. The van der Waals surface area contributed by atoms with E-state index in [1.807, 2.05) is 0 Å². The maximum absolute atomic E-state index is 13.6. The van der Waals surface area contributed by atoms with Crippen LogP contribution in [0.1, 0.15) is 55.5 Å². The van der Waals surface area contributed by atoms with Gasteiger partial charge in [0.05, 0.1) is 5.56 Å². The molecule has 0 heterocycles. The number of carboxylic acids is 1. The lowest BCUT2D eigenvalue weighted by molar-refractivity contribution is 0.0696. The van der Waals surface area contributed by atoms with Gasteiger partial charge < -0.3 is 5.11 Å². The molecule has 0 saturated heterocycles. The zero-order chi connectivity index (χ0) is 15.4. The molecule has 0 unspecified atom stereocenters. The van der Waals surface area contributed by atoms with Gasteiger partial charge in [-0.3, -0.25) is 4.90 Å². The van der Waals surface area contributed by atoms with E-state index in [0.717, 1.165) is 18.2 Å². The van der Waals surface area contributed by atoms with Crippen molar-refractivity contribution in [1.29, 1.82) is 0 Å². The molecule has 0 aliphatic heterocycles. The van der Waals surface area contributed by atoms with Gasteiger partial charge >= 0.3 is 5.97 Å². The van der Waals surface area contributed by atoms with Crippen LogP contribution in [0.4, 0.5) is 4.39 Å². The van der Waals surface area contributed by atoms with E-state index >= 15 is 0 Å². The van der Waals surface area contributed by atoms with Crippen molar-refractivity contribution in [2.24, 2.45) is 5.92 Å². The molecule has 0 atom stereocenters. The number of halogens is 1. The van der Waals surface area contributed by atoms with Crippen LogP contribution in [0.3, 0.4) is 0 Å². The summed E-state index contributed by atoms with van der Waals surface area (Å²) in [6, 6.07) is 4.67.